The molecule has 3 nitrogen and oxygen atoms in total. The van der Waals surface area contributed by atoms with Crippen molar-refractivity contribution in [2.24, 2.45) is 22.7 Å². The first-order valence-electron chi connectivity index (χ1n) is 16.6. The molecular weight excluding hydrogens is 526 g/mol. The van der Waals surface area contributed by atoms with E-state index in [1.807, 2.05) is 44.2 Å². The first-order valence-corrected chi connectivity index (χ1v) is 16.6. The van der Waals surface area contributed by atoms with Gasteiger partial charge in [-0.1, -0.05) is 103 Å². The fourth-order valence-corrected chi connectivity index (χ4v) is 5.43. The molecule has 0 saturated carbocycles. The van der Waals surface area contributed by atoms with E-state index in [2.05, 4.69) is 78.6 Å². The van der Waals surface area contributed by atoms with Crippen molar-refractivity contribution in [2.75, 3.05) is 13.2 Å². The average Bonchev–Trinajstić information content (AvgIpc) is 3.00. The standard InChI is InChI=1S/C38H53NO2.C2H6.H2/c1-9-13-14-20-37(40)34-19-15-18-32(26-34)33-21-22-36(30(7)25-33)38(35(17-11-3)29(6)16-10-2)39-31(8)24-28(5)27-41-23-12-4;1-2;/h9-10,15,18-19,21-22,25-26,28-29,35H,1-2,8,11-14,16-17,20,23-24,27H2,3-7H3;1-2H3;1H/t28-,29+,35?;;/m1../s1. The number of nitrogens with zero attached hydrogens (tertiary/aromatic N) is 1. The predicted octanol–water partition coefficient (Wildman–Crippen LogP) is 11.9. The lowest BCUT2D eigenvalue weighted by molar-refractivity contribution is 0.0980. The lowest BCUT2D eigenvalue weighted by Crippen LogP contribution is -2.24. The second kappa shape index (κ2) is 21.6. The van der Waals surface area contributed by atoms with E-state index in [0.717, 1.165) is 86.3 Å². The van der Waals surface area contributed by atoms with Crippen LogP contribution in [-0.4, -0.2) is 24.7 Å². The zero-order chi connectivity index (χ0) is 32.2. The summed E-state index contributed by atoms with van der Waals surface area (Å²) in [6, 6.07) is 14.6. The predicted molar refractivity (Wildman–Crippen MR) is 191 cm³/mol. The summed E-state index contributed by atoms with van der Waals surface area (Å²) in [5.41, 5.74) is 7.33. The minimum Gasteiger partial charge on any atom is -0.381 e. The number of ketones is 1. The number of rotatable bonds is 20. The molecule has 238 valence electrons. The van der Waals surface area contributed by atoms with Crippen molar-refractivity contribution in [3.8, 4) is 11.1 Å². The van der Waals surface area contributed by atoms with E-state index in [1.54, 1.807) is 0 Å². The molecule has 0 amide bonds. The fourth-order valence-electron chi connectivity index (χ4n) is 5.43. The molecule has 0 heterocycles. The Balaban J connectivity index is 0.00000603. The number of allylic oxidation sites excluding steroid dienone is 3. The van der Waals surface area contributed by atoms with E-state index >= 15 is 0 Å². The third kappa shape index (κ3) is 13.0. The second-order valence-corrected chi connectivity index (χ2v) is 11.6. The van der Waals surface area contributed by atoms with E-state index in [-0.39, 0.29) is 7.21 Å². The molecule has 0 N–H and O–H groups in total. The number of carbonyl (C=O) groups is 1. The highest BCUT2D eigenvalue weighted by atomic mass is 16.5. The number of aryl methyl sites for hydroxylation is 1. The van der Waals surface area contributed by atoms with Gasteiger partial charge in [-0.15, -0.1) is 13.2 Å². The zero-order valence-corrected chi connectivity index (χ0v) is 28.4. The smallest absolute Gasteiger partial charge is 0.162 e. The van der Waals surface area contributed by atoms with E-state index in [1.165, 1.54) is 11.1 Å². The van der Waals surface area contributed by atoms with Crippen LogP contribution in [0.5, 0.6) is 0 Å². The van der Waals surface area contributed by atoms with Crippen molar-refractivity contribution in [1.82, 2.24) is 0 Å². The molecule has 43 heavy (non-hydrogen) atoms. The highest BCUT2D eigenvalue weighted by Crippen LogP contribution is 2.31. The molecular formula is C40H61NO2. The highest BCUT2D eigenvalue weighted by Gasteiger charge is 2.25. The number of Topliss-reactive ketones (excluding diaryl/α,β-unsaturated/α-hetero) is 1. The summed E-state index contributed by atoms with van der Waals surface area (Å²) in [6.07, 6.45) is 11.1. The molecule has 0 bridgehead atoms. The lowest BCUT2D eigenvalue weighted by atomic mass is 9.80. The van der Waals surface area contributed by atoms with Crippen LogP contribution in [0.1, 0.15) is 116 Å². The van der Waals surface area contributed by atoms with Gasteiger partial charge < -0.3 is 4.74 Å². The van der Waals surface area contributed by atoms with Crippen LogP contribution in [0.3, 0.4) is 0 Å². The number of ether oxygens (including phenoxy) is 1. The summed E-state index contributed by atoms with van der Waals surface area (Å²) < 4.78 is 5.79. The summed E-state index contributed by atoms with van der Waals surface area (Å²) in [7, 11) is 0. The Labute approximate surface area is 265 Å². The molecule has 0 spiro atoms. The van der Waals surface area contributed by atoms with Crippen LogP contribution in [0, 0.1) is 24.7 Å². The third-order valence-corrected chi connectivity index (χ3v) is 7.62. The van der Waals surface area contributed by atoms with Gasteiger partial charge in [0.2, 0.25) is 0 Å². The number of unbranched alkanes of at least 4 members (excludes halogenated alkanes) is 1. The molecule has 0 saturated heterocycles. The van der Waals surface area contributed by atoms with Crippen molar-refractivity contribution in [3.63, 3.8) is 0 Å². The number of hydrogen-bond donors (Lipinski definition) is 0. The van der Waals surface area contributed by atoms with Gasteiger partial charge in [0.05, 0.1) is 5.71 Å². The van der Waals surface area contributed by atoms with E-state index in [4.69, 9.17) is 9.73 Å². The second-order valence-electron chi connectivity index (χ2n) is 11.6. The minimum atomic E-state index is 0. The maximum atomic E-state index is 12.7. The molecule has 3 atom stereocenters. The van der Waals surface area contributed by atoms with Crippen LogP contribution in [0.2, 0.25) is 0 Å². The Bertz CT molecular complexity index is 1180. The van der Waals surface area contributed by atoms with Crippen LogP contribution < -0.4 is 0 Å². The topological polar surface area (TPSA) is 38.7 Å². The van der Waals surface area contributed by atoms with E-state index in [9.17, 15) is 4.79 Å². The van der Waals surface area contributed by atoms with E-state index < -0.39 is 0 Å². The minimum absolute atomic E-state index is 0. The Morgan fingerprint density at radius 2 is 1.74 bits per heavy atom. The van der Waals surface area contributed by atoms with Crippen LogP contribution in [0.25, 0.3) is 11.1 Å². The van der Waals surface area contributed by atoms with Gasteiger partial charge >= 0.3 is 0 Å². The van der Waals surface area contributed by atoms with Crippen molar-refractivity contribution in [3.05, 3.63) is 96.7 Å². The quantitative estimate of drug-likeness (QED) is 0.0669. The van der Waals surface area contributed by atoms with Crippen molar-refractivity contribution in [2.45, 2.75) is 99.8 Å². The van der Waals surface area contributed by atoms with Crippen LogP contribution in [-0.2, 0) is 4.74 Å². The number of aliphatic imine (C=N–C) groups is 1. The van der Waals surface area contributed by atoms with Gasteiger partial charge in [-0.05, 0) is 85.6 Å². The first kappa shape index (κ1) is 38.0. The maximum absolute atomic E-state index is 12.7. The molecule has 1 unspecified atom stereocenters. The summed E-state index contributed by atoms with van der Waals surface area (Å²) >= 11 is 0. The molecule has 0 aromatic heterocycles. The normalized spacial score (nSPS) is 13.3. The van der Waals surface area contributed by atoms with Gasteiger partial charge in [0.1, 0.15) is 0 Å². The van der Waals surface area contributed by atoms with Crippen LogP contribution >= 0.6 is 0 Å². The molecule has 0 aliphatic heterocycles. The monoisotopic (exact) mass is 587 g/mol. The molecule has 0 fully saturated rings. The molecule has 2 rings (SSSR count). The molecule has 0 aliphatic carbocycles. The van der Waals surface area contributed by atoms with Gasteiger partial charge in [-0.2, -0.15) is 0 Å². The third-order valence-electron chi connectivity index (χ3n) is 7.62. The van der Waals surface area contributed by atoms with Crippen molar-refractivity contribution >= 4 is 11.5 Å². The van der Waals surface area contributed by atoms with Crippen molar-refractivity contribution < 1.29 is 11.0 Å². The van der Waals surface area contributed by atoms with Gasteiger partial charge in [0.25, 0.3) is 0 Å². The largest absolute Gasteiger partial charge is 0.381 e. The summed E-state index contributed by atoms with van der Waals surface area (Å²) in [5, 5.41) is 0. The summed E-state index contributed by atoms with van der Waals surface area (Å²) in [4.78, 5) is 18.0. The van der Waals surface area contributed by atoms with Crippen LogP contribution in [0.15, 0.2) is 85.0 Å². The molecule has 0 aliphatic rings. The van der Waals surface area contributed by atoms with Crippen LogP contribution in [0.4, 0.5) is 0 Å². The Hall–Kier alpha value is -3.04. The Kier molecular flexibility index (Phi) is 19.1. The Morgan fingerprint density at radius 1 is 1.02 bits per heavy atom. The van der Waals surface area contributed by atoms with Gasteiger partial charge in [-0.3, -0.25) is 9.79 Å². The molecule has 3 heteroatoms. The SMILES string of the molecule is C=CCCCC(=O)c1cccc(-c2ccc(C(=NC(=C)C[C@@H](C)COCCC)C(CCC)[C@@H](C)CC=C)c(C)c2)c1.CC.[HH]. The highest BCUT2D eigenvalue weighted by molar-refractivity contribution is 6.04. The first-order chi connectivity index (χ1) is 20.7. The Morgan fingerprint density at radius 3 is 2.37 bits per heavy atom. The summed E-state index contributed by atoms with van der Waals surface area (Å²) in [5.74, 6) is 1.28. The summed E-state index contributed by atoms with van der Waals surface area (Å²) in [6.45, 7) is 28.7. The molecule has 2 aromatic carbocycles. The average molecular weight is 588 g/mol. The number of carbonyl (C=O) groups excluding carboxylic acids is 1. The van der Waals surface area contributed by atoms with Crippen molar-refractivity contribution in [1.29, 1.82) is 0 Å². The maximum Gasteiger partial charge on any atom is 0.162 e. The van der Waals surface area contributed by atoms with Gasteiger partial charge in [0.15, 0.2) is 5.78 Å². The van der Waals surface area contributed by atoms with Gasteiger partial charge in [0, 0.05) is 38.2 Å². The van der Waals surface area contributed by atoms with E-state index in [0.29, 0.717) is 24.2 Å². The lowest BCUT2D eigenvalue weighted by Gasteiger charge is -2.27. The number of benzene rings is 2. The number of hydrogen-bond acceptors (Lipinski definition) is 3. The fraction of sp³-hybridized carbons (Fsp3) is 0.500. The molecule has 2 aromatic rings. The van der Waals surface area contributed by atoms with Gasteiger partial charge in [-0.25, -0.2) is 0 Å². The molecule has 0 radical (unpaired) electrons. The zero-order valence-electron chi connectivity index (χ0n) is 28.4.